The fraction of sp³-hybridized carbons (Fsp3) is 0.538. The first-order chi connectivity index (χ1) is 10.2. The van der Waals surface area contributed by atoms with Gasteiger partial charge in [0.15, 0.2) is 9.84 Å². The first kappa shape index (κ1) is 17.3. The van der Waals surface area contributed by atoms with Crippen LogP contribution in [0, 0.1) is 11.7 Å². The van der Waals surface area contributed by atoms with Gasteiger partial charge in [-0.3, -0.25) is 0 Å². The molecule has 1 heterocycles. The highest BCUT2D eigenvalue weighted by atomic mass is 32.2. The van der Waals surface area contributed by atoms with E-state index in [2.05, 4.69) is 10.0 Å². The average molecular weight is 350 g/mol. The number of piperidine rings is 1. The summed E-state index contributed by atoms with van der Waals surface area (Å²) in [6, 6.07) is 2.81. The van der Waals surface area contributed by atoms with Crippen molar-refractivity contribution in [3.8, 4) is 0 Å². The van der Waals surface area contributed by atoms with Gasteiger partial charge in [-0.2, -0.15) is 0 Å². The summed E-state index contributed by atoms with van der Waals surface area (Å²) in [5, 5.41) is 3.18. The highest BCUT2D eigenvalue weighted by Crippen LogP contribution is 2.19. The van der Waals surface area contributed by atoms with Crippen molar-refractivity contribution in [3.05, 3.63) is 24.0 Å². The van der Waals surface area contributed by atoms with Gasteiger partial charge in [0.25, 0.3) is 0 Å². The molecule has 1 fully saturated rings. The molecule has 2 rings (SSSR count). The Kier molecular flexibility index (Phi) is 5.21. The van der Waals surface area contributed by atoms with E-state index in [9.17, 15) is 21.2 Å². The van der Waals surface area contributed by atoms with Crippen LogP contribution in [-0.4, -0.2) is 42.7 Å². The lowest BCUT2D eigenvalue weighted by molar-refractivity contribution is 0.376. The zero-order valence-electron chi connectivity index (χ0n) is 12.2. The molecule has 0 unspecified atom stereocenters. The minimum atomic E-state index is -3.86. The first-order valence-corrected chi connectivity index (χ1v) is 10.3. The molecule has 2 N–H and O–H groups in total. The Morgan fingerprint density at radius 2 is 2.05 bits per heavy atom. The molecule has 1 aromatic carbocycles. The number of sulfonamides is 1. The summed E-state index contributed by atoms with van der Waals surface area (Å²) in [5.41, 5.74) is 0. The molecule has 1 aromatic rings. The number of hydrogen-bond acceptors (Lipinski definition) is 5. The molecular weight excluding hydrogens is 331 g/mol. The third kappa shape index (κ3) is 4.25. The lowest BCUT2D eigenvalue weighted by Crippen LogP contribution is -2.38. The summed E-state index contributed by atoms with van der Waals surface area (Å²) in [4.78, 5) is -0.788. The second-order valence-electron chi connectivity index (χ2n) is 5.43. The number of halogens is 1. The topological polar surface area (TPSA) is 92.3 Å². The van der Waals surface area contributed by atoms with Crippen molar-refractivity contribution in [2.75, 3.05) is 25.9 Å². The van der Waals surface area contributed by atoms with E-state index in [1.165, 1.54) is 0 Å². The molecule has 0 amide bonds. The molecule has 1 atom stereocenters. The van der Waals surface area contributed by atoms with Crippen LogP contribution in [0.25, 0.3) is 0 Å². The zero-order chi connectivity index (χ0) is 16.4. The predicted octanol–water partition coefficient (Wildman–Crippen LogP) is 0.507. The van der Waals surface area contributed by atoms with Gasteiger partial charge in [0.1, 0.15) is 10.7 Å². The molecular formula is C13H19FN2O4S2. The largest absolute Gasteiger partial charge is 0.316 e. The van der Waals surface area contributed by atoms with Gasteiger partial charge in [-0.25, -0.2) is 25.9 Å². The number of rotatable bonds is 5. The van der Waals surface area contributed by atoms with E-state index in [0.717, 1.165) is 50.4 Å². The lowest BCUT2D eigenvalue weighted by atomic mass is 10.0. The normalized spacial score (nSPS) is 20.0. The Hall–Kier alpha value is -1.03. The minimum Gasteiger partial charge on any atom is -0.316 e. The van der Waals surface area contributed by atoms with E-state index in [1.54, 1.807) is 0 Å². The van der Waals surface area contributed by atoms with Crippen molar-refractivity contribution in [1.82, 2.24) is 10.0 Å². The maximum Gasteiger partial charge on any atom is 0.240 e. The second-order valence-corrected chi connectivity index (χ2v) is 9.18. The standard InChI is InChI=1S/C13H19FN2O4S2/c1-21(17,18)13-5-4-11(7-12(13)14)22(19,20)16-9-10-3-2-6-15-8-10/h4-5,7,10,15-16H,2-3,6,8-9H2,1H3/t10-/m0/s1. The van der Waals surface area contributed by atoms with Crippen LogP contribution in [0.4, 0.5) is 4.39 Å². The van der Waals surface area contributed by atoms with Crippen LogP contribution in [-0.2, 0) is 19.9 Å². The lowest BCUT2D eigenvalue weighted by Gasteiger charge is -2.22. The Morgan fingerprint density at radius 3 is 2.59 bits per heavy atom. The molecule has 0 spiro atoms. The van der Waals surface area contributed by atoms with E-state index < -0.39 is 30.6 Å². The number of benzene rings is 1. The van der Waals surface area contributed by atoms with Crippen LogP contribution in [0.3, 0.4) is 0 Å². The van der Waals surface area contributed by atoms with Gasteiger partial charge in [-0.05, 0) is 50.0 Å². The van der Waals surface area contributed by atoms with Gasteiger partial charge >= 0.3 is 0 Å². The Morgan fingerprint density at radius 1 is 1.32 bits per heavy atom. The molecule has 9 heteroatoms. The van der Waals surface area contributed by atoms with Crippen molar-refractivity contribution < 1.29 is 21.2 Å². The molecule has 0 aliphatic carbocycles. The van der Waals surface area contributed by atoms with Crippen LogP contribution >= 0.6 is 0 Å². The van der Waals surface area contributed by atoms with E-state index in [4.69, 9.17) is 0 Å². The van der Waals surface area contributed by atoms with Crippen LogP contribution in [0.1, 0.15) is 12.8 Å². The highest BCUT2D eigenvalue weighted by Gasteiger charge is 2.21. The number of nitrogens with one attached hydrogen (secondary N) is 2. The van der Waals surface area contributed by atoms with Gasteiger partial charge in [0.2, 0.25) is 10.0 Å². The quantitative estimate of drug-likeness (QED) is 0.807. The van der Waals surface area contributed by atoms with Gasteiger partial charge in [0, 0.05) is 12.8 Å². The maximum absolute atomic E-state index is 13.8. The number of sulfone groups is 1. The Balaban J connectivity index is 2.14. The summed E-state index contributed by atoms with van der Waals surface area (Å²) in [6.07, 6.45) is 2.79. The summed E-state index contributed by atoms with van der Waals surface area (Å²) in [7, 11) is -7.58. The van der Waals surface area contributed by atoms with Gasteiger partial charge < -0.3 is 5.32 Å². The smallest absolute Gasteiger partial charge is 0.240 e. The molecule has 6 nitrogen and oxygen atoms in total. The van der Waals surface area contributed by atoms with Crippen molar-refractivity contribution in [1.29, 1.82) is 0 Å². The van der Waals surface area contributed by atoms with Gasteiger partial charge in [-0.15, -0.1) is 0 Å². The van der Waals surface area contributed by atoms with Crippen LogP contribution < -0.4 is 10.0 Å². The van der Waals surface area contributed by atoms with Crippen LogP contribution in [0.5, 0.6) is 0 Å². The van der Waals surface area contributed by atoms with Gasteiger partial charge in [0.05, 0.1) is 4.90 Å². The number of hydrogen-bond donors (Lipinski definition) is 2. The third-order valence-corrected chi connectivity index (χ3v) is 6.13. The maximum atomic E-state index is 13.8. The van der Waals surface area contributed by atoms with Crippen molar-refractivity contribution in [3.63, 3.8) is 0 Å². The zero-order valence-corrected chi connectivity index (χ0v) is 13.8. The fourth-order valence-corrected chi connectivity index (χ4v) is 4.21. The van der Waals surface area contributed by atoms with E-state index in [0.29, 0.717) is 0 Å². The highest BCUT2D eigenvalue weighted by molar-refractivity contribution is 7.90. The fourth-order valence-electron chi connectivity index (χ4n) is 2.36. The molecule has 0 radical (unpaired) electrons. The SMILES string of the molecule is CS(=O)(=O)c1ccc(S(=O)(=O)NC[C@H]2CCCNC2)cc1F. The summed E-state index contributed by atoms with van der Waals surface area (Å²) in [6.45, 7) is 1.94. The van der Waals surface area contributed by atoms with Crippen molar-refractivity contribution in [2.24, 2.45) is 5.92 Å². The molecule has 0 aromatic heterocycles. The first-order valence-electron chi connectivity index (χ1n) is 6.90. The molecule has 1 aliphatic rings. The summed E-state index contributed by atoms with van der Waals surface area (Å²) in [5.74, 6) is -0.867. The van der Waals surface area contributed by atoms with Crippen molar-refractivity contribution >= 4 is 19.9 Å². The third-order valence-electron chi connectivity index (χ3n) is 3.57. The van der Waals surface area contributed by atoms with E-state index in [-0.39, 0.29) is 17.4 Å². The Labute approximate surface area is 130 Å². The van der Waals surface area contributed by atoms with E-state index >= 15 is 0 Å². The molecule has 124 valence electrons. The molecule has 22 heavy (non-hydrogen) atoms. The average Bonchev–Trinajstić information content (AvgIpc) is 2.45. The van der Waals surface area contributed by atoms with E-state index in [1.807, 2.05) is 0 Å². The predicted molar refractivity (Wildman–Crippen MR) is 80.3 cm³/mol. The Bertz CT molecular complexity index is 741. The molecule has 1 aliphatic heterocycles. The summed E-state index contributed by atoms with van der Waals surface area (Å²) >= 11 is 0. The monoisotopic (exact) mass is 350 g/mol. The van der Waals surface area contributed by atoms with Gasteiger partial charge in [-0.1, -0.05) is 0 Å². The molecule has 0 bridgehead atoms. The summed E-state index contributed by atoms with van der Waals surface area (Å²) < 4.78 is 63.2. The van der Waals surface area contributed by atoms with Crippen molar-refractivity contribution in [2.45, 2.75) is 22.6 Å². The minimum absolute atomic E-state index is 0.198. The second kappa shape index (κ2) is 6.61. The van der Waals surface area contributed by atoms with Crippen LogP contribution in [0.2, 0.25) is 0 Å². The molecule has 0 saturated carbocycles. The van der Waals surface area contributed by atoms with Crippen LogP contribution in [0.15, 0.2) is 28.0 Å². The molecule has 1 saturated heterocycles.